The van der Waals surface area contributed by atoms with E-state index in [-0.39, 0.29) is 5.92 Å². The van der Waals surface area contributed by atoms with E-state index in [4.69, 9.17) is 14.2 Å². The van der Waals surface area contributed by atoms with E-state index >= 15 is 0 Å². The summed E-state index contributed by atoms with van der Waals surface area (Å²) in [5.41, 5.74) is 1.26. The average Bonchev–Trinajstić information content (AvgIpc) is 2.70. The minimum atomic E-state index is 0.114. The largest absolute Gasteiger partial charge is 0.493 e. The first-order chi connectivity index (χ1) is 13.9. The molecule has 0 spiro atoms. The highest BCUT2D eigenvalue weighted by Crippen LogP contribution is 2.31. The second-order valence-electron chi connectivity index (χ2n) is 8.38. The van der Waals surface area contributed by atoms with Crippen molar-refractivity contribution < 1.29 is 19.0 Å². The van der Waals surface area contributed by atoms with Gasteiger partial charge in [0.15, 0.2) is 11.5 Å². The molecule has 0 aliphatic heterocycles. The van der Waals surface area contributed by atoms with Crippen LogP contribution in [-0.4, -0.2) is 33.7 Å². The summed E-state index contributed by atoms with van der Waals surface area (Å²) in [7, 11) is 3.37. The summed E-state index contributed by atoms with van der Waals surface area (Å²) in [4.78, 5) is 11.2. The van der Waals surface area contributed by atoms with Crippen LogP contribution in [0.3, 0.4) is 0 Å². The number of ether oxygens (including phenoxy) is 3. The van der Waals surface area contributed by atoms with E-state index in [9.17, 15) is 4.79 Å². The van der Waals surface area contributed by atoms with Crippen LogP contribution in [0.15, 0.2) is 30.4 Å². The zero-order chi connectivity index (χ0) is 21.6. The fourth-order valence-corrected chi connectivity index (χ4v) is 3.25. The predicted octanol–water partition coefficient (Wildman–Crippen LogP) is 5.73. The van der Waals surface area contributed by atoms with Crippen molar-refractivity contribution in [3.05, 3.63) is 35.9 Å². The van der Waals surface area contributed by atoms with Gasteiger partial charge in [0.2, 0.25) is 0 Å². The van der Waals surface area contributed by atoms with Gasteiger partial charge >= 0.3 is 0 Å². The second kappa shape index (κ2) is 14.2. The van der Waals surface area contributed by atoms with Gasteiger partial charge in [-0.1, -0.05) is 45.9 Å². The van der Waals surface area contributed by atoms with Crippen molar-refractivity contribution in [3.63, 3.8) is 0 Å². The third-order valence-electron chi connectivity index (χ3n) is 5.46. The Morgan fingerprint density at radius 3 is 2.24 bits per heavy atom. The Labute approximate surface area is 177 Å². The van der Waals surface area contributed by atoms with Crippen molar-refractivity contribution >= 4 is 6.29 Å². The Balaban J connectivity index is 2.73. The number of aldehydes is 1. The zero-order valence-corrected chi connectivity index (χ0v) is 19.1. The van der Waals surface area contributed by atoms with Crippen LogP contribution in [0.5, 0.6) is 11.5 Å². The topological polar surface area (TPSA) is 44.8 Å². The molecule has 0 unspecified atom stereocenters. The summed E-state index contributed by atoms with van der Waals surface area (Å²) in [5, 5.41) is 0. The summed E-state index contributed by atoms with van der Waals surface area (Å²) in [6.07, 6.45) is 9.18. The van der Waals surface area contributed by atoms with Crippen LogP contribution in [0.4, 0.5) is 0 Å². The molecule has 29 heavy (non-hydrogen) atoms. The third-order valence-corrected chi connectivity index (χ3v) is 5.46. The molecule has 0 saturated carbocycles. The van der Waals surface area contributed by atoms with Gasteiger partial charge in [-0.15, -0.1) is 0 Å². The Bertz CT molecular complexity index is 607. The van der Waals surface area contributed by atoms with Crippen LogP contribution >= 0.6 is 0 Å². The standard InChI is InChI=1S/C25H40O4/c1-19(2)22(10-7-8-11-23(18-26)20(3)4)16-21-12-13-24(28-6)25(17-21)29-15-9-14-27-5/h7-8,12-13,17-20,22-23H,9-11,14-16H2,1-6H3/b8-7+/t22-,23-/m1/s1. The smallest absolute Gasteiger partial charge is 0.161 e. The Morgan fingerprint density at radius 2 is 1.66 bits per heavy atom. The molecule has 0 radical (unpaired) electrons. The normalized spacial score (nSPS) is 13.8. The van der Waals surface area contributed by atoms with Gasteiger partial charge in [0.25, 0.3) is 0 Å². The second-order valence-corrected chi connectivity index (χ2v) is 8.38. The Kier molecular flexibility index (Phi) is 12.4. The lowest BCUT2D eigenvalue weighted by Gasteiger charge is -2.20. The molecule has 0 fully saturated rings. The summed E-state index contributed by atoms with van der Waals surface area (Å²) < 4.78 is 16.4. The SMILES string of the molecule is COCCCOc1cc(C[C@@H](C/C=C/C[C@H](C=O)C(C)C)C(C)C)ccc1OC. The monoisotopic (exact) mass is 404 g/mol. The molecule has 0 bridgehead atoms. The molecule has 0 heterocycles. The number of hydrogen-bond donors (Lipinski definition) is 0. The number of carbonyl (C=O) groups is 1. The first kappa shape index (κ1) is 25.2. The van der Waals surface area contributed by atoms with Crippen LogP contribution in [0.1, 0.15) is 52.5 Å². The lowest BCUT2D eigenvalue weighted by Crippen LogP contribution is -2.12. The van der Waals surface area contributed by atoms with Gasteiger partial charge in [0.1, 0.15) is 6.29 Å². The molecule has 1 aromatic carbocycles. The summed E-state index contributed by atoms with van der Waals surface area (Å²) in [6, 6.07) is 6.22. The number of carbonyl (C=O) groups excluding carboxylic acids is 1. The molecule has 0 amide bonds. The van der Waals surface area contributed by atoms with E-state index in [1.807, 2.05) is 6.07 Å². The number of allylic oxidation sites excluding steroid dienone is 2. The number of rotatable bonds is 15. The quantitative estimate of drug-likeness (QED) is 0.213. The molecule has 0 aliphatic carbocycles. The maximum atomic E-state index is 11.2. The lowest BCUT2D eigenvalue weighted by molar-refractivity contribution is -0.112. The average molecular weight is 405 g/mol. The van der Waals surface area contributed by atoms with E-state index in [2.05, 4.69) is 52.0 Å². The van der Waals surface area contributed by atoms with Gasteiger partial charge in [-0.05, 0) is 54.7 Å². The highest BCUT2D eigenvalue weighted by Gasteiger charge is 2.15. The highest BCUT2D eigenvalue weighted by molar-refractivity contribution is 5.54. The summed E-state index contributed by atoms with van der Waals surface area (Å²) in [5.74, 6) is 3.17. The number of benzene rings is 1. The van der Waals surface area contributed by atoms with Gasteiger partial charge in [0, 0.05) is 26.1 Å². The molecular formula is C25H40O4. The van der Waals surface area contributed by atoms with Gasteiger partial charge in [-0.25, -0.2) is 0 Å². The predicted molar refractivity (Wildman–Crippen MR) is 120 cm³/mol. The molecule has 0 aromatic heterocycles. The minimum Gasteiger partial charge on any atom is -0.493 e. The maximum Gasteiger partial charge on any atom is 0.161 e. The van der Waals surface area contributed by atoms with Crippen LogP contribution in [0.25, 0.3) is 0 Å². The molecule has 164 valence electrons. The fraction of sp³-hybridized carbons (Fsp3) is 0.640. The molecule has 4 heteroatoms. The number of methoxy groups -OCH3 is 2. The van der Waals surface area contributed by atoms with Crippen LogP contribution < -0.4 is 9.47 Å². The van der Waals surface area contributed by atoms with Gasteiger partial charge < -0.3 is 19.0 Å². The van der Waals surface area contributed by atoms with E-state index in [0.717, 1.165) is 43.5 Å². The molecule has 0 aliphatic rings. The van der Waals surface area contributed by atoms with E-state index in [0.29, 0.717) is 31.0 Å². The highest BCUT2D eigenvalue weighted by atomic mass is 16.5. The van der Waals surface area contributed by atoms with Crippen LogP contribution in [-0.2, 0) is 16.0 Å². The Hall–Kier alpha value is -1.81. The van der Waals surface area contributed by atoms with Gasteiger partial charge in [0.05, 0.1) is 13.7 Å². The van der Waals surface area contributed by atoms with Crippen LogP contribution in [0, 0.1) is 23.7 Å². The van der Waals surface area contributed by atoms with Crippen molar-refractivity contribution in [1.82, 2.24) is 0 Å². The van der Waals surface area contributed by atoms with Crippen LogP contribution in [0.2, 0.25) is 0 Å². The zero-order valence-electron chi connectivity index (χ0n) is 19.1. The Morgan fingerprint density at radius 1 is 0.931 bits per heavy atom. The molecular weight excluding hydrogens is 364 g/mol. The van der Waals surface area contributed by atoms with Crippen molar-refractivity contribution in [3.8, 4) is 11.5 Å². The van der Waals surface area contributed by atoms with Gasteiger partial charge in [-0.2, -0.15) is 0 Å². The first-order valence-electron chi connectivity index (χ1n) is 10.8. The van der Waals surface area contributed by atoms with E-state index in [1.54, 1.807) is 14.2 Å². The first-order valence-corrected chi connectivity index (χ1v) is 10.8. The third kappa shape index (κ3) is 9.49. The maximum absolute atomic E-state index is 11.2. The number of hydrogen-bond acceptors (Lipinski definition) is 4. The van der Waals surface area contributed by atoms with Crippen molar-refractivity contribution in [1.29, 1.82) is 0 Å². The van der Waals surface area contributed by atoms with E-state index < -0.39 is 0 Å². The molecule has 0 saturated heterocycles. The van der Waals surface area contributed by atoms with Crippen molar-refractivity contribution in [2.75, 3.05) is 27.4 Å². The minimum absolute atomic E-state index is 0.114. The summed E-state index contributed by atoms with van der Waals surface area (Å²) >= 11 is 0. The fourth-order valence-electron chi connectivity index (χ4n) is 3.25. The molecule has 1 rings (SSSR count). The van der Waals surface area contributed by atoms with Gasteiger partial charge in [-0.3, -0.25) is 0 Å². The van der Waals surface area contributed by atoms with Crippen molar-refractivity contribution in [2.24, 2.45) is 23.7 Å². The molecule has 0 N–H and O–H groups in total. The molecule has 1 aromatic rings. The molecule has 4 nitrogen and oxygen atoms in total. The lowest BCUT2D eigenvalue weighted by atomic mass is 9.86. The molecule has 2 atom stereocenters. The van der Waals surface area contributed by atoms with E-state index in [1.165, 1.54) is 5.56 Å². The summed E-state index contributed by atoms with van der Waals surface area (Å²) in [6.45, 7) is 10.0. The van der Waals surface area contributed by atoms with Crippen molar-refractivity contribution in [2.45, 2.75) is 53.4 Å².